The molecule has 0 radical (unpaired) electrons. The number of sulfonamides is 1. The molecule has 19 heavy (non-hydrogen) atoms. The van der Waals surface area contributed by atoms with Crippen molar-refractivity contribution in [2.24, 2.45) is 5.92 Å². The summed E-state index contributed by atoms with van der Waals surface area (Å²) in [6.07, 6.45) is 0. The highest BCUT2D eigenvalue weighted by molar-refractivity contribution is 7.89. The summed E-state index contributed by atoms with van der Waals surface area (Å²) >= 11 is 0. The first kappa shape index (κ1) is 16.1. The van der Waals surface area contributed by atoms with Crippen molar-refractivity contribution in [3.63, 3.8) is 0 Å². The Hall–Kier alpha value is -0.910. The molecule has 2 N–H and O–H groups in total. The maximum Gasteiger partial charge on any atom is 0.240 e. The second-order valence-electron chi connectivity index (χ2n) is 5.24. The lowest BCUT2D eigenvalue weighted by Gasteiger charge is -2.13. The maximum absolute atomic E-state index is 12.1. The molecule has 0 fully saturated rings. The van der Waals surface area contributed by atoms with E-state index in [9.17, 15) is 8.42 Å². The highest BCUT2D eigenvalue weighted by Crippen LogP contribution is 2.17. The van der Waals surface area contributed by atoms with Crippen LogP contribution in [0.15, 0.2) is 29.2 Å². The predicted octanol–water partition coefficient (Wildman–Crippen LogP) is 1.94. The molecule has 0 saturated heterocycles. The molecule has 0 aliphatic rings. The largest absolute Gasteiger partial charge is 0.319 e. The average Bonchev–Trinajstić information content (AvgIpc) is 2.37. The van der Waals surface area contributed by atoms with Crippen LogP contribution in [0.25, 0.3) is 0 Å². The van der Waals surface area contributed by atoms with Gasteiger partial charge in [-0.25, -0.2) is 13.1 Å². The molecule has 5 heteroatoms. The lowest BCUT2D eigenvalue weighted by atomic mass is 10.0. The second-order valence-corrected chi connectivity index (χ2v) is 7.01. The van der Waals surface area contributed by atoms with E-state index in [1.165, 1.54) is 0 Å². The number of benzene rings is 1. The van der Waals surface area contributed by atoms with E-state index in [1.54, 1.807) is 12.1 Å². The molecule has 0 spiro atoms. The molecule has 0 bridgehead atoms. The van der Waals surface area contributed by atoms with Gasteiger partial charge in [-0.3, -0.25) is 0 Å². The smallest absolute Gasteiger partial charge is 0.240 e. The monoisotopic (exact) mass is 284 g/mol. The van der Waals surface area contributed by atoms with Crippen LogP contribution >= 0.6 is 0 Å². The van der Waals surface area contributed by atoms with E-state index >= 15 is 0 Å². The summed E-state index contributed by atoms with van der Waals surface area (Å²) in [5.41, 5.74) is 1.14. The molecule has 0 heterocycles. The summed E-state index contributed by atoms with van der Waals surface area (Å²) in [5, 5.41) is 3.03. The van der Waals surface area contributed by atoms with Crippen molar-refractivity contribution in [2.45, 2.75) is 31.6 Å². The fourth-order valence-corrected chi connectivity index (χ4v) is 2.95. The van der Waals surface area contributed by atoms with Gasteiger partial charge in [-0.2, -0.15) is 0 Å². The van der Waals surface area contributed by atoms with Crippen LogP contribution in [0.3, 0.4) is 0 Å². The highest BCUT2D eigenvalue weighted by Gasteiger charge is 2.15. The molecule has 0 aromatic heterocycles. The van der Waals surface area contributed by atoms with Crippen molar-refractivity contribution < 1.29 is 8.42 Å². The van der Waals surface area contributed by atoms with Crippen molar-refractivity contribution in [1.29, 1.82) is 0 Å². The minimum absolute atomic E-state index is 0.259. The normalized spacial score (nSPS) is 13.7. The average molecular weight is 284 g/mol. The first-order valence-electron chi connectivity index (χ1n) is 6.61. The quantitative estimate of drug-likeness (QED) is 0.804. The van der Waals surface area contributed by atoms with Crippen LogP contribution in [-0.2, 0) is 10.0 Å². The van der Waals surface area contributed by atoms with Crippen LogP contribution in [0.5, 0.6) is 0 Å². The Balaban J connectivity index is 2.72. The van der Waals surface area contributed by atoms with Gasteiger partial charge in [-0.1, -0.05) is 32.9 Å². The fourth-order valence-electron chi connectivity index (χ4n) is 1.79. The van der Waals surface area contributed by atoms with Crippen LogP contribution in [-0.4, -0.2) is 28.6 Å². The number of rotatable bonds is 7. The van der Waals surface area contributed by atoms with Crippen LogP contribution < -0.4 is 10.0 Å². The van der Waals surface area contributed by atoms with Crippen molar-refractivity contribution in [3.05, 3.63) is 29.8 Å². The summed E-state index contributed by atoms with van der Waals surface area (Å²) in [6.45, 7) is 7.40. The van der Waals surface area contributed by atoms with Crippen LogP contribution in [0.4, 0.5) is 0 Å². The van der Waals surface area contributed by atoms with Crippen molar-refractivity contribution in [1.82, 2.24) is 10.0 Å². The van der Waals surface area contributed by atoms with Gasteiger partial charge in [0.25, 0.3) is 0 Å². The van der Waals surface area contributed by atoms with E-state index in [-0.39, 0.29) is 5.92 Å². The Bertz CT molecular complexity index is 481. The van der Waals surface area contributed by atoms with Crippen LogP contribution in [0.2, 0.25) is 0 Å². The molecule has 1 aromatic carbocycles. The molecule has 1 unspecified atom stereocenters. The Labute approximate surface area is 116 Å². The van der Waals surface area contributed by atoms with E-state index < -0.39 is 10.0 Å². The molecule has 0 saturated carbocycles. The topological polar surface area (TPSA) is 58.2 Å². The van der Waals surface area contributed by atoms with E-state index in [1.807, 2.05) is 26.1 Å². The third-order valence-electron chi connectivity index (χ3n) is 3.03. The van der Waals surface area contributed by atoms with Crippen molar-refractivity contribution in [2.75, 3.05) is 20.1 Å². The summed E-state index contributed by atoms with van der Waals surface area (Å²) in [4.78, 5) is 0.327. The molecule has 1 atom stereocenters. The van der Waals surface area contributed by atoms with Gasteiger partial charge in [0.15, 0.2) is 0 Å². The van der Waals surface area contributed by atoms with Crippen molar-refractivity contribution in [3.8, 4) is 0 Å². The van der Waals surface area contributed by atoms with E-state index in [4.69, 9.17) is 0 Å². The highest BCUT2D eigenvalue weighted by atomic mass is 32.2. The predicted molar refractivity (Wildman–Crippen MR) is 78.8 cm³/mol. The van der Waals surface area contributed by atoms with Gasteiger partial charge in [0.05, 0.1) is 4.90 Å². The van der Waals surface area contributed by atoms with Crippen LogP contribution in [0, 0.1) is 5.92 Å². The lowest BCUT2D eigenvalue weighted by molar-refractivity contribution is 0.519. The van der Waals surface area contributed by atoms with Gasteiger partial charge in [0.1, 0.15) is 0 Å². The first-order chi connectivity index (χ1) is 8.86. The Morgan fingerprint density at radius 2 is 1.63 bits per heavy atom. The molecule has 1 aromatic rings. The fraction of sp³-hybridized carbons (Fsp3) is 0.571. The number of hydrogen-bond donors (Lipinski definition) is 2. The Morgan fingerprint density at radius 1 is 1.05 bits per heavy atom. The zero-order valence-electron chi connectivity index (χ0n) is 12.1. The van der Waals surface area contributed by atoms with Gasteiger partial charge in [0, 0.05) is 6.54 Å². The number of hydrogen-bond acceptors (Lipinski definition) is 3. The first-order valence-corrected chi connectivity index (χ1v) is 8.09. The standard InChI is InChI=1S/C14H24N2O2S/c1-11(2)13-5-7-14(8-6-13)19(17,18)16-10-12(3)9-15-4/h5-8,11-12,15-16H,9-10H2,1-4H3. The Morgan fingerprint density at radius 3 is 2.11 bits per heavy atom. The Kier molecular flexibility index (Phi) is 5.97. The molecule has 1 rings (SSSR count). The summed E-state index contributed by atoms with van der Waals surface area (Å²) in [5.74, 6) is 0.662. The third-order valence-corrected chi connectivity index (χ3v) is 4.47. The zero-order chi connectivity index (χ0) is 14.5. The van der Waals surface area contributed by atoms with Gasteiger partial charge in [-0.15, -0.1) is 0 Å². The van der Waals surface area contributed by atoms with Crippen molar-refractivity contribution >= 4 is 10.0 Å². The second kappa shape index (κ2) is 7.03. The molecule has 0 amide bonds. The molecular weight excluding hydrogens is 260 g/mol. The summed E-state index contributed by atoms with van der Waals surface area (Å²) in [7, 11) is -1.54. The third kappa shape index (κ3) is 4.93. The maximum atomic E-state index is 12.1. The lowest BCUT2D eigenvalue weighted by Crippen LogP contribution is -2.32. The summed E-state index contributed by atoms with van der Waals surface area (Å²) in [6, 6.07) is 7.08. The molecule has 4 nitrogen and oxygen atoms in total. The van der Waals surface area contributed by atoms with Gasteiger partial charge in [0.2, 0.25) is 10.0 Å². The number of nitrogens with one attached hydrogen (secondary N) is 2. The molecule has 0 aliphatic carbocycles. The molecule has 0 aliphatic heterocycles. The SMILES string of the molecule is CNCC(C)CNS(=O)(=O)c1ccc(C(C)C)cc1. The molecular formula is C14H24N2O2S. The van der Waals surface area contributed by atoms with E-state index in [0.717, 1.165) is 12.1 Å². The minimum Gasteiger partial charge on any atom is -0.319 e. The van der Waals surface area contributed by atoms with Gasteiger partial charge >= 0.3 is 0 Å². The minimum atomic E-state index is -3.39. The van der Waals surface area contributed by atoms with Gasteiger partial charge < -0.3 is 5.32 Å². The van der Waals surface area contributed by atoms with Gasteiger partial charge in [-0.05, 0) is 43.1 Å². The van der Waals surface area contributed by atoms with E-state index in [0.29, 0.717) is 17.4 Å². The van der Waals surface area contributed by atoms with E-state index in [2.05, 4.69) is 23.9 Å². The van der Waals surface area contributed by atoms with Crippen LogP contribution in [0.1, 0.15) is 32.3 Å². The summed E-state index contributed by atoms with van der Waals surface area (Å²) < 4.78 is 26.8. The molecule has 108 valence electrons. The zero-order valence-corrected chi connectivity index (χ0v) is 12.9.